The van der Waals surface area contributed by atoms with Gasteiger partial charge in [-0.25, -0.2) is 9.88 Å². The molecule has 1 saturated carbocycles. The summed E-state index contributed by atoms with van der Waals surface area (Å²) in [6, 6.07) is 14.1. The number of fused-ring (bicyclic) bond motifs is 3. The van der Waals surface area contributed by atoms with Crippen molar-refractivity contribution < 1.29 is 19.2 Å². The van der Waals surface area contributed by atoms with Gasteiger partial charge in [-0.15, -0.1) is 0 Å². The molecule has 2 amide bonds. The highest BCUT2D eigenvalue weighted by Crippen LogP contribution is 2.42. The first kappa shape index (κ1) is 31.7. The van der Waals surface area contributed by atoms with Crippen LogP contribution in [-0.2, 0) is 0 Å². The Balaban J connectivity index is 1.14. The van der Waals surface area contributed by atoms with E-state index in [1.54, 1.807) is 12.1 Å². The van der Waals surface area contributed by atoms with E-state index in [0.29, 0.717) is 28.9 Å². The van der Waals surface area contributed by atoms with E-state index in [4.69, 9.17) is 0 Å². The number of hydrogen-bond donors (Lipinski definition) is 1. The smallest absolute Gasteiger partial charge is 0.266 e. The van der Waals surface area contributed by atoms with Crippen LogP contribution >= 0.6 is 0 Å². The van der Waals surface area contributed by atoms with Crippen molar-refractivity contribution in [2.75, 3.05) is 4.90 Å². The van der Waals surface area contributed by atoms with Crippen molar-refractivity contribution in [1.29, 1.82) is 0 Å². The summed E-state index contributed by atoms with van der Waals surface area (Å²) in [5.41, 5.74) is 5.71. The lowest BCUT2D eigenvalue weighted by atomic mass is 9.83. The van der Waals surface area contributed by atoms with E-state index in [9.17, 15) is 24.0 Å². The third-order valence-corrected chi connectivity index (χ3v) is 10.7. The number of hydrogen-bond acceptors (Lipinski definition) is 6. The zero-order chi connectivity index (χ0) is 34.7. The predicted octanol–water partition coefficient (Wildman–Crippen LogP) is 8.48. The van der Waals surface area contributed by atoms with Crippen molar-refractivity contribution >= 4 is 51.1 Å². The summed E-state index contributed by atoms with van der Waals surface area (Å²) in [6.07, 6.45) is 16.7. The van der Waals surface area contributed by atoms with Gasteiger partial charge in [-0.2, -0.15) is 0 Å². The van der Waals surface area contributed by atoms with Gasteiger partial charge in [0.25, 0.3) is 17.4 Å². The van der Waals surface area contributed by atoms with E-state index >= 15 is 0 Å². The largest absolute Gasteiger partial charge is 0.309 e. The maximum absolute atomic E-state index is 14.1. The van der Waals surface area contributed by atoms with Crippen LogP contribution in [0.1, 0.15) is 141 Å². The van der Waals surface area contributed by atoms with E-state index in [2.05, 4.69) is 35.1 Å². The van der Waals surface area contributed by atoms with Crippen molar-refractivity contribution in [2.24, 2.45) is 0 Å². The number of aromatic nitrogens is 2. The molecular weight excluding hydrogens is 626 g/mol. The van der Waals surface area contributed by atoms with Crippen LogP contribution < -0.4 is 10.5 Å². The average molecular weight is 664 g/mol. The molecule has 4 aromatic rings. The van der Waals surface area contributed by atoms with E-state index in [-0.39, 0.29) is 28.1 Å². The highest BCUT2D eigenvalue weighted by Gasteiger charge is 2.46. The fourth-order valence-electron chi connectivity index (χ4n) is 7.95. The van der Waals surface area contributed by atoms with Gasteiger partial charge in [-0.3, -0.25) is 24.0 Å². The van der Waals surface area contributed by atoms with E-state index in [1.807, 2.05) is 37.3 Å². The van der Waals surface area contributed by atoms with Crippen LogP contribution in [0, 0.1) is 0 Å². The van der Waals surface area contributed by atoms with Gasteiger partial charge in [0.2, 0.25) is 0 Å². The summed E-state index contributed by atoms with van der Waals surface area (Å²) in [7, 11) is 0. The number of H-pyrrole nitrogens is 1. The zero-order valence-electron chi connectivity index (χ0n) is 28.2. The molecule has 3 aliphatic carbocycles. The van der Waals surface area contributed by atoms with E-state index < -0.39 is 34.9 Å². The number of carbonyl (C=O) groups excluding carboxylic acids is 4. The van der Waals surface area contributed by atoms with Gasteiger partial charge in [0.05, 0.1) is 27.7 Å². The number of imide groups is 1. The van der Waals surface area contributed by atoms with Crippen LogP contribution in [0.3, 0.4) is 0 Å². The third-order valence-electron chi connectivity index (χ3n) is 10.7. The molecule has 0 unspecified atom stereocenters. The highest BCUT2D eigenvalue weighted by atomic mass is 16.2. The van der Waals surface area contributed by atoms with Crippen molar-refractivity contribution in [3.05, 3.63) is 128 Å². The van der Waals surface area contributed by atoms with Crippen molar-refractivity contribution in [1.82, 2.24) is 9.97 Å². The molecule has 3 aromatic carbocycles. The molecule has 1 fully saturated rings. The topological polar surface area (TPSA) is 117 Å². The van der Waals surface area contributed by atoms with Crippen LogP contribution in [0.5, 0.6) is 0 Å². The number of allylic oxidation sites excluding steroid dienone is 6. The molecule has 0 bridgehead atoms. The fraction of sp³-hybridized carbons (Fsp3) is 0.286. The number of carbonyl (C=O) groups is 4. The molecule has 0 radical (unpaired) electrons. The lowest BCUT2D eigenvalue weighted by Gasteiger charge is -2.25. The molecule has 0 spiro atoms. The molecule has 250 valence electrons. The van der Waals surface area contributed by atoms with Crippen LogP contribution in [0.25, 0.3) is 22.0 Å². The van der Waals surface area contributed by atoms with Gasteiger partial charge in [0.15, 0.2) is 11.6 Å². The Hall–Kier alpha value is -5.50. The SMILES string of the molecule is CCC/C=C(/C)c1ccc2c(=O)[nH]c(C3C(=O)c4cc5c(cc4C3=O)C(=O)N(c3ccc(C4CCCCC4)cc3C3=CC=CC3)C5=O)nc2c1. The Morgan fingerprint density at radius 3 is 2.24 bits per heavy atom. The maximum Gasteiger partial charge on any atom is 0.266 e. The third kappa shape index (κ3) is 5.13. The highest BCUT2D eigenvalue weighted by molar-refractivity contribution is 6.37. The number of benzene rings is 3. The minimum Gasteiger partial charge on any atom is -0.309 e. The Labute approximate surface area is 289 Å². The second-order valence-electron chi connectivity index (χ2n) is 13.8. The summed E-state index contributed by atoms with van der Waals surface area (Å²) in [6.45, 7) is 4.09. The van der Waals surface area contributed by atoms with Gasteiger partial charge < -0.3 is 4.98 Å². The molecule has 8 nitrogen and oxygen atoms in total. The molecule has 2 heterocycles. The number of aromatic amines is 1. The first-order valence-electron chi connectivity index (χ1n) is 17.6. The maximum atomic E-state index is 14.1. The Morgan fingerprint density at radius 2 is 1.58 bits per heavy atom. The molecule has 8 heteroatoms. The second-order valence-corrected chi connectivity index (χ2v) is 13.8. The summed E-state index contributed by atoms with van der Waals surface area (Å²) in [5, 5.41) is 0.349. The van der Waals surface area contributed by atoms with E-state index in [0.717, 1.165) is 48.0 Å². The lowest BCUT2D eigenvalue weighted by Crippen LogP contribution is -2.30. The molecule has 4 aliphatic rings. The van der Waals surface area contributed by atoms with Crippen molar-refractivity contribution in [3.63, 3.8) is 0 Å². The number of rotatable bonds is 7. The van der Waals surface area contributed by atoms with Gasteiger partial charge in [-0.05, 0) is 97.2 Å². The summed E-state index contributed by atoms with van der Waals surface area (Å²) >= 11 is 0. The summed E-state index contributed by atoms with van der Waals surface area (Å²) < 4.78 is 0. The minimum absolute atomic E-state index is 0.0483. The van der Waals surface area contributed by atoms with E-state index in [1.165, 1.54) is 41.9 Å². The number of nitrogens with one attached hydrogen (secondary N) is 1. The van der Waals surface area contributed by atoms with Crippen molar-refractivity contribution in [2.45, 2.75) is 77.0 Å². The van der Waals surface area contributed by atoms with Crippen LogP contribution in [0.15, 0.2) is 77.6 Å². The molecule has 1 aliphatic heterocycles. The summed E-state index contributed by atoms with van der Waals surface area (Å²) in [4.78, 5) is 77.4. The zero-order valence-corrected chi connectivity index (χ0v) is 28.2. The Kier molecular flexibility index (Phi) is 7.89. The molecule has 1 N–H and O–H groups in total. The Bertz CT molecular complexity index is 2260. The molecular formula is C42H37N3O5. The number of amides is 2. The van der Waals surface area contributed by atoms with Crippen molar-refractivity contribution in [3.8, 4) is 0 Å². The number of unbranched alkanes of at least 4 members (excludes halogenated alkanes) is 1. The standard InChI is InChI=1S/C42H37N3O5/c1-3-4-10-23(2)26-15-17-28-34(20-26)43-39(44-40(28)48)36-37(46)30-21-32-33(22-31(30)38(36)47)42(50)45(41(32)49)35-18-16-27(24-11-6-5-7-12-24)19-29(35)25-13-8-9-14-25/h8-10,13,15-22,24,36H,3-7,11-12,14H2,1-2H3,(H,43,44,48)/b23-10-. The number of anilines is 1. The Morgan fingerprint density at radius 1 is 0.860 bits per heavy atom. The van der Waals surface area contributed by atoms with Crippen LogP contribution in [-0.4, -0.2) is 33.3 Å². The lowest BCUT2D eigenvalue weighted by molar-refractivity contribution is 0.0882. The first-order chi connectivity index (χ1) is 24.2. The van der Waals surface area contributed by atoms with Gasteiger partial charge in [0, 0.05) is 16.7 Å². The fourth-order valence-corrected chi connectivity index (χ4v) is 7.95. The van der Waals surface area contributed by atoms with Gasteiger partial charge in [-0.1, -0.05) is 69.0 Å². The molecule has 50 heavy (non-hydrogen) atoms. The summed E-state index contributed by atoms with van der Waals surface area (Å²) in [5.74, 6) is -3.19. The number of ketones is 2. The minimum atomic E-state index is -1.38. The first-order valence-corrected chi connectivity index (χ1v) is 17.6. The molecule has 0 atom stereocenters. The number of nitrogens with zero attached hydrogens (tertiary/aromatic N) is 2. The molecule has 0 saturated heterocycles. The van der Waals surface area contributed by atoms with Gasteiger partial charge in [0.1, 0.15) is 11.7 Å². The normalized spacial score (nSPS) is 18.1. The molecule has 8 rings (SSSR count). The number of Topliss-reactive ketones (excluding diaryl/α,β-unsaturated/α-hetero) is 2. The second kappa shape index (κ2) is 12.4. The van der Waals surface area contributed by atoms with Gasteiger partial charge >= 0.3 is 0 Å². The molecule has 1 aromatic heterocycles. The average Bonchev–Trinajstić information content (AvgIpc) is 3.82. The quantitative estimate of drug-likeness (QED) is 0.157. The van der Waals surface area contributed by atoms with Crippen LogP contribution in [0.4, 0.5) is 5.69 Å². The monoisotopic (exact) mass is 663 g/mol. The van der Waals surface area contributed by atoms with Crippen LogP contribution in [0.2, 0.25) is 0 Å². The predicted molar refractivity (Wildman–Crippen MR) is 194 cm³/mol.